The van der Waals surface area contributed by atoms with E-state index in [-0.39, 0.29) is 18.6 Å². The lowest BCUT2D eigenvalue weighted by molar-refractivity contribution is 0.0924. The van der Waals surface area contributed by atoms with E-state index < -0.39 is 0 Å². The van der Waals surface area contributed by atoms with Crippen molar-refractivity contribution in [1.29, 1.82) is 0 Å². The fourth-order valence-corrected chi connectivity index (χ4v) is 2.51. The molecule has 0 aliphatic heterocycles. The molecular formula is C11H16N2O2S. The maximum Gasteiger partial charge on any atom is 0.254 e. The summed E-state index contributed by atoms with van der Waals surface area (Å²) < 4.78 is 4.08. The van der Waals surface area contributed by atoms with E-state index in [1.165, 1.54) is 11.5 Å². The Kier molecular flexibility index (Phi) is 3.56. The van der Waals surface area contributed by atoms with E-state index >= 15 is 0 Å². The van der Waals surface area contributed by atoms with Gasteiger partial charge in [-0.15, -0.1) is 0 Å². The molecule has 1 aliphatic rings. The minimum atomic E-state index is -0.0587. The van der Waals surface area contributed by atoms with Gasteiger partial charge in [0.2, 0.25) is 0 Å². The summed E-state index contributed by atoms with van der Waals surface area (Å²) in [4.78, 5) is 11.9. The van der Waals surface area contributed by atoms with Gasteiger partial charge in [-0.2, -0.15) is 4.37 Å². The van der Waals surface area contributed by atoms with Gasteiger partial charge in [-0.05, 0) is 43.6 Å². The second-order valence-corrected chi connectivity index (χ2v) is 4.87. The summed E-state index contributed by atoms with van der Waals surface area (Å²) in [6.45, 7) is 1.96. The van der Waals surface area contributed by atoms with Crippen molar-refractivity contribution < 1.29 is 9.90 Å². The van der Waals surface area contributed by atoms with E-state index in [1.54, 1.807) is 5.38 Å². The first-order valence-corrected chi connectivity index (χ1v) is 6.38. The molecule has 1 aromatic heterocycles. The molecule has 5 heteroatoms. The molecule has 0 aromatic carbocycles. The van der Waals surface area contributed by atoms with Crippen molar-refractivity contribution in [2.75, 3.05) is 6.61 Å². The third kappa shape index (κ3) is 2.59. The zero-order chi connectivity index (χ0) is 11.5. The first kappa shape index (κ1) is 11.5. The molecule has 1 heterocycles. The molecule has 1 atom stereocenters. The number of aliphatic hydroxyl groups is 1. The first-order valence-electron chi connectivity index (χ1n) is 5.55. The second-order valence-electron chi connectivity index (χ2n) is 4.24. The standard InChI is InChI=1S/C11H16N2O2S/c1-7-9(6-16-13-7)11(15)12-10(4-5-14)8-2-3-8/h6,8,10,14H,2-5H2,1H3,(H,12,15). The van der Waals surface area contributed by atoms with Crippen molar-refractivity contribution in [3.63, 3.8) is 0 Å². The molecule has 1 aliphatic carbocycles. The lowest BCUT2D eigenvalue weighted by Gasteiger charge is -2.16. The zero-order valence-electron chi connectivity index (χ0n) is 9.27. The molecule has 1 aromatic rings. The van der Waals surface area contributed by atoms with Gasteiger partial charge in [-0.25, -0.2) is 0 Å². The van der Waals surface area contributed by atoms with E-state index in [1.807, 2.05) is 6.92 Å². The number of hydrogen-bond donors (Lipinski definition) is 2. The number of rotatable bonds is 5. The van der Waals surface area contributed by atoms with Gasteiger partial charge in [0.1, 0.15) is 0 Å². The average molecular weight is 240 g/mol. The number of amides is 1. The van der Waals surface area contributed by atoms with Crippen LogP contribution in [0.2, 0.25) is 0 Å². The van der Waals surface area contributed by atoms with Crippen LogP contribution < -0.4 is 5.32 Å². The van der Waals surface area contributed by atoms with Gasteiger partial charge in [0.15, 0.2) is 0 Å². The van der Waals surface area contributed by atoms with E-state index in [2.05, 4.69) is 9.69 Å². The van der Waals surface area contributed by atoms with Crippen LogP contribution in [0.4, 0.5) is 0 Å². The van der Waals surface area contributed by atoms with Crippen molar-refractivity contribution in [3.8, 4) is 0 Å². The Morgan fingerprint density at radius 3 is 3.00 bits per heavy atom. The highest BCUT2D eigenvalue weighted by Crippen LogP contribution is 2.34. The second kappa shape index (κ2) is 4.93. The van der Waals surface area contributed by atoms with Crippen molar-refractivity contribution in [2.24, 2.45) is 5.92 Å². The Hall–Kier alpha value is -0.940. The summed E-state index contributed by atoms with van der Waals surface area (Å²) in [5.41, 5.74) is 1.44. The summed E-state index contributed by atoms with van der Waals surface area (Å²) in [6.07, 6.45) is 2.96. The van der Waals surface area contributed by atoms with Gasteiger partial charge in [-0.3, -0.25) is 4.79 Å². The van der Waals surface area contributed by atoms with Gasteiger partial charge in [0.25, 0.3) is 5.91 Å². The van der Waals surface area contributed by atoms with Crippen LogP contribution in [-0.2, 0) is 0 Å². The van der Waals surface area contributed by atoms with Crippen LogP contribution in [0, 0.1) is 12.8 Å². The van der Waals surface area contributed by atoms with Crippen LogP contribution in [0.5, 0.6) is 0 Å². The van der Waals surface area contributed by atoms with Gasteiger partial charge in [0.05, 0.1) is 11.3 Å². The summed E-state index contributed by atoms with van der Waals surface area (Å²) in [7, 11) is 0. The topological polar surface area (TPSA) is 62.2 Å². The van der Waals surface area contributed by atoms with Crippen LogP contribution >= 0.6 is 11.5 Å². The molecule has 0 spiro atoms. The molecule has 88 valence electrons. The van der Waals surface area contributed by atoms with E-state index in [4.69, 9.17) is 5.11 Å². The molecule has 0 radical (unpaired) electrons. The fourth-order valence-electron chi connectivity index (χ4n) is 1.82. The number of carbonyl (C=O) groups is 1. The van der Waals surface area contributed by atoms with Crippen LogP contribution in [0.25, 0.3) is 0 Å². The monoisotopic (exact) mass is 240 g/mol. The van der Waals surface area contributed by atoms with Crippen LogP contribution in [0.1, 0.15) is 35.3 Å². The largest absolute Gasteiger partial charge is 0.396 e. The molecular weight excluding hydrogens is 224 g/mol. The highest BCUT2D eigenvalue weighted by atomic mass is 32.1. The average Bonchev–Trinajstić information content (AvgIpc) is 3.00. The molecule has 2 rings (SSSR count). The lowest BCUT2D eigenvalue weighted by atomic mass is 10.1. The Balaban J connectivity index is 1.97. The lowest BCUT2D eigenvalue weighted by Crippen LogP contribution is -2.37. The van der Waals surface area contributed by atoms with Gasteiger partial charge in [0, 0.05) is 18.0 Å². The maximum atomic E-state index is 11.9. The molecule has 4 nitrogen and oxygen atoms in total. The quantitative estimate of drug-likeness (QED) is 0.816. The number of carbonyl (C=O) groups excluding carboxylic acids is 1. The van der Waals surface area contributed by atoms with Crippen LogP contribution in [-0.4, -0.2) is 28.0 Å². The fraction of sp³-hybridized carbons (Fsp3) is 0.636. The van der Waals surface area contributed by atoms with Gasteiger partial charge in [-0.1, -0.05) is 0 Å². The zero-order valence-corrected chi connectivity index (χ0v) is 10.1. The molecule has 0 saturated heterocycles. The SMILES string of the molecule is Cc1nscc1C(=O)NC(CCO)C1CC1. The van der Waals surface area contributed by atoms with E-state index in [0.717, 1.165) is 18.5 Å². The van der Waals surface area contributed by atoms with Gasteiger partial charge < -0.3 is 10.4 Å². The van der Waals surface area contributed by atoms with Crippen molar-refractivity contribution in [1.82, 2.24) is 9.69 Å². The van der Waals surface area contributed by atoms with Crippen LogP contribution in [0.15, 0.2) is 5.38 Å². The third-order valence-electron chi connectivity index (χ3n) is 2.94. The Bertz CT molecular complexity index is 374. The van der Waals surface area contributed by atoms with Crippen molar-refractivity contribution >= 4 is 17.4 Å². The minimum absolute atomic E-state index is 0.0587. The number of aromatic nitrogens is 1. The maximum absolute atomic E-state index is 11.9. The number of nitrogens with zero attached hydrogens (tertiary/aromatic N) is 1. The predicted molar refractivity (Wildman–Crippen MR) is 62.5 cm³/mol. The molecule has 2 N–H and O–H groups in total. The molecule has 1 fully saturated rings. The predicted octanol–water partition coefficient (Wildman–Crippen LogP) is 1.34. The molecule has 0 bridgehead atoms. The smallest absolute Gasteiger partial charge is 0.254 e. The summed E-state index contributed by atoms with van der Waals surface area (Å²) in [5.74, 6) is 0.500. The Morgan fingerprint density at radius 2 is 2.50 bits per heavy atom. The summed E-state index contributed by atoms with van der Waals surface area (Å²) in [5, 5.41) is 13.7. The molecule has 1 amide bonds. The normalized spacial score (nSPS) is 17.1. The minimum Gasteiger partial charge on any atom is -0.396 e. The van der Waals surface area contributed by atoms with Crippen molar-refractivity contribution in [2.45, 2.75) is 32.2 Å². The first-order chi connectivity index (χ1) is 7.72. The Morgan fingerprint density at radius 1 is 1.75 bits per heavy atom. The number of aliphatic hydroxyl groups excluding tert-OH is 1. The summed E-state index contributed by atoms with van der Waals surface area (Å²) in [6, 6.07) is 0.122. The molecule has 16 heavy (non-hydrogen) atoms. The number of aryl methyl sites for hydroxylation is 1. The molecule has 1 saturated carbocycles. The third-order valence-corrected chi connectivity index (χ3v) is 3.66. The van der Waals surface area contributed by atoms with E-state index in [9.17, 15) is 4.79 Å². The van der Waals surface area contributed by atoms with Crippen molar-refractivity contribution in [3.05, 3.63) is 16.6 Å². The van der Waals surface area contributed by atoms with E-state index in [0.29, 0.717) is 17.9 Å². The van der Waals surface area contributed by atoms with Crippen LogP contribution in [0.3, 0.4) is 0 Å². The molecule has 1 unspecified atom stereocenters. The Labute approximate surface area is 98.9 Å². The highest BCUT2D eigenvalue weighted by molar-refractivity contribution is 7.03. The summed E-state index contributed by atoms with van der Waals surface area (Å²) >= 11 is 1.30. The number of nitrogens with one attached hydrogen (secondary N) is 1. The number of hydrogen-bond acceptors (Lipinski definition) is 4. The highest BCUT2D eigenvalue weighted by Gasteiger charge is 2.32. The van der Waals surface area contributed by atoms with Gasteiger partial charge >= 0.3 is 0 Å².